The van der Waals surface area contributed by atoms with Gasteiger partial charge in [-0.2, -0.15) is 0 Å². The Kier molecular flexibility index (Phi) is 8.86. The topological polar surface area (TPSA) is 101 Å². The lowest BCUT2D eigenvalue weighted by atomic mass is 10.0. The molecule has 0 bridgehead atoms. The van der Waals surface area contributed by atoms with Gasteiger partial charge in [-0.25, -0.2) is 16.8 Å². The van der Waals surface area contributed by atoms with E-state index in [1.165, 1.54) is 37.4 Å². The van der Waals surface area contributed by atoms with E-state index in [4.69, 9.17) is 0 Å². The Hall–Kier alpha value is -2.39. The number of benzene rings is 2. The Morgan fingerprint density at radius 1 is 1.00 bits per heavy atom. The molecule has 1 N–H and O–H groups in total. The first-order valence-electron chi connectivity index (χ1n) is 10.6. The van der Waals surface area contributed by atoms with Crippen LogP contribution >= 0.6 is 0 Å². The van der Waals surface area contributed by atoms with Crippen molar-refractivity contribution in [3.05, 3.63) is 54.1 Å². The maximum absolute atomic E-state index is 12.8. The third-order valence-electron chi connectivity index (χ3n) is 5.51. The predicted molar refractivity (Wildman–Crippen MR) is 129 cm³/mol. The van der Waals surface area contributed by atoms with Gasteiger partial charge in [0.1, 0.15) is 0 Å². The Morgan fingerprint density at radius 2 is 1.62 bits per heavy atom. The largest absolute Gasteiger partial charge is 0.322 e. The number of sulfone groups is 1. The van der Waals surface area contributed by atoms with Gasteiger partial charge in [0.15, 0.2) is 9.84 Å². The average Bonchev–Trinajstić information content (AvgIpc) is 2.75. The number of amides is 1. The second-order valence-corrected chi connectivity index (χ2v) is 12.2. The van der Waals surface area contributed by atoms with E-state index in [2.05, 4.69) is 19.2 Å². The molecule has 32 heavy (non-hydrogen) atoms. The predicted octanol–water partition coefficient (Wildman–Crippen LogP) is 4.32. The number of anilines is 2. The molecule has 1 atom stereocenters. The summed E-state index contributed by atoms with van der Waals surface area (Å²) >= 11 is 0. The molecule has 0 aliphatic heterocycles. The van der Waals surface area contributed by atoms with Gasteiger partial charge in [0.2, 0.25) is 10.0 Å². The van der Waals surface area contributed by atoms with Crippen molar-refractivity contribution >= 4 is 37.1 Å². The van der Waals surface area contributed by atoms with Gasteiger partial charge < -0.3 is 5.32 Å². The summed E-state index contributed by atoms with van der Waals surface area (Å²) in [6.07, 6.45) is 4.67. The van der Waals surface area contributed by atoms with Crippen molar-refractivity contribution in [3.8, 4) is 0 Å². The number of nitrogens with one attached hydrogen (secondary N) is 1. The number of rotatable bonds is 11. The minimum Gasteiger partial charge on any atom is -0.322 e. The molecule has 1 amide bonds. The van der Waals surface area contributed by atoms with Crippen molar-refractivity contribution in [2.24, 2.45) is 5.92 Å². The van der Waals surface area contributed by atoms with E-state index in [9.17, 15) is 21.6 Å². The summed E-state index contributed by atoms with van der Waals surface area (Å²) in [5, 5.41) is 2.70. The zero-order valence-electron chi connectivity index (χ0n) is 19.0. The number of unbranched alkanes of at least 4 members (excludes halogenated alkanes) is 1. The van der Waals surface area contributed by atoms with Crippen molar-refractivity contribution in [1.82, 2.24) is 0 Å². The van der Waals surface area contributed by atoms with E-state index in [0.717, 1.165) is 29.8 Å². The fourth-order valence-electron chi connectivity index (χ4n) is 3.17. The maximum Gasteiger partial charge on any atom is 0.257 e. The first-order chi connectivity index (χ1) is 15.0. The second-order valence-electron chi connectivity index (χ2n) is 8.05. The summed E-state index contributed by atoms with van der Waals surface area (Å²) in [5.74, 6) is 0.208. The third-order valence-corrected chi connectivity index (χ3v) is 8.52. The van der Waals surface area contributed by atoms with Crippen LogP contribution in [-0.2, 0) is 19.9 Å². The standard InChI is InChI=1S/C23H32N2O5S2/c1-5-18(2)10-8-9-17-32(29,30)20-15-13-19(14-16-20)24-23(26)21-11-6-7-12-22(21)25(3)31(4,27)28/h6-7,11-16,18H,5,8-10,17H2,1-4H3,(H,24,26)/t18-/m0/s1. The molecule has 0 unspecified atom stereocenters. The van der Waals surface area contributed by atoms with Gasteiger partial charge in [0, 0.05) is 12.7 Å². The Morgan fingerprint density at radius 3 is 2.22 bits per heavy atom. The van der Waals surface area contributed by atoms with Gasteiger partial charge in [-0.15, -0.1) is 0 Å². The van der Waals surface area contributed by atoms with Crippen LogP contribution in [-0.4, -0.2) is 41.8 Å². The number of carbonyl (C=O) groups is 1. The molecule has 0 aliphatic rings. The first kappa shape index (κ1) is 25.9. The lowest BCUT2D eigenvalue weighted by molar-refractivity contribution is 0.102. The zero-order valence-corrected chi connectivity index (χ0v) is 20.7. The molecule has 2 rings (SSSR count). The van der Waals surface area contributed by atoms with E-state index in [-0.39, 0.29) is 21.9 Å². The van der Waals surface area contributed by atoms with Gasteiger partial charge in [-0.05, 0) is 48.7 Å². The fraction of sp³-hybridized carbons (Fsp3) is 0.435. The third kappa shape index (κ3) is 7.06. The smallest absolute Gasteiger partial charge is 0.257 e. The van der Waals surface area contributed by atoms with Gasteiger partial charge in [0.25, 0.3) is 5.91 Å². The monoisotopic (exact) mass is 480 g/mol. The van der Waals surface area contributed by atoms with Gasteiger partial charge in [-0.1, -0.05) is 45.2 Å². The van der Waals surface area contributed by atoms with Crippen molar-refractivity contribution < 1.29 is 21.6 Å². The highest BCUT2D eigenvalue weighted by Crippen LogP contribution is 2.23. The number of hydrogen-bond acceptors (Lipinski definition) is 5. The van der Waals surface area contributed by atoms with Crippen LogP contribution in [0.4, 0.5) is 11.4 Å². The second kappa shape index (κ2) is 11.0. The molecule has 0 aromatic heterocycles. The van der Waals surface area contributed by atoms with Crippen molar-refractivity contribution in [2.75, 3.05) is 28.7 Å². The maximum atomic E-state index is 12.8. The molecule has 0 fully saturated rings. The molecule has 176 valence electrons. The van der Waals surface area contributed by atoms with Gasteiger partial charge in [0.05, 0.1) is 28.2 Å². The number of sulfonamides is 1. The zero-order chi connectivity index (χ0) is 23.9. The van der Waals surface area contributed by atoms with E-state index in [1.54, 1.807) is 18.2 Å². The van der Waals surface area contributed by atoms with Crippen LogP contribution in [0.1, 0.15) is 49.9 Å². The molecule has 0 saturated heterocycles. The Labute approximate surface area is 191 Å². The lowest BCUT2D eigenvalue weighted by Crippen LogP contribution is -2.27. The lowest BCUT2D eigenvalue weighted by Gasteiger charge is -2.19. The Balaban J connectivity index is 2.08. The normalized spacial score (nSPS) is 12.9. The minimum absolute atomic E-state index is 0.0976. The quantitative estimate of drug-likeness (QED) is 0.483. The molecule has 2 aromatic carbocycles. The number of carbonyl (C=O) groups excluding carboxylic acids is 1. The van der Waals surface area contributed by atoms with E-state index < -0.39 is 25.8 Å². The van der Waals surface area contributed by atoms with Crippen molar-refractivity contribution in [2.45, 2.75) is 44.4 Å². The molecular weight excluding hydrogens is 448 g/mol. The molecule has 0 aliphatic carbocycles. The number of nitrogens with zero attached hydrogens (tertiary/aromatic N) is 1. The highest BCUT2D eigenvalue weighted by molar-refractivity contribution is 7.92. The van der Waals surface area contributed by atoms with Crippen molar-refractivity contribution in [3.63, 3.8) is 0 Å². The summed E-state index contributed by atoms with van der Waals surface area (Å²) in [7, 11) is -5.54. The molecular formula is C23H32N2O5S2. The van der Waals surface area contributed by atoms with Crippen LogP contribution in [0.15, 0.2) is 53.4 Å². The summed E-state index contributed by atoms with van der Waals surface area (Å²) < 4.78 is 49.9. The van der Waals surface area contributed by atoms with Crippen LogP contribution in [0.3, 0.4) is 0 Å². The van der Waals surface area contributed by atoms with Crippen LogP contribution in [0.25, 0.3) is 0 Å². The molecule has 0 spiro atoms. The first-order valence-corrected chi connectivity index (χ1v) is 14.1. The Bertz CT molecular complexity index is 1130. The minimum atomic E-state index is -3.54. The molecule has 0 saturated carbocycles. The molecule has 0 radical (unpaired) electrons. The molecule has 0 heterocycles. The SMILES string of the molecule is CC[C@H](C)CCCCS(=O)(=O)c1ccc(NC(=O)c2ccccc2N(C)S(C)(=O)=O)cc1. The van der Waals surface area contributed by atoms with E-state index >= 15 is 0 Å². The molecule has 2 aromatic rings. The van der Waals surface area contributed by atoms with E-state index in [1.807, 2.05) is 0 Å². The van der Waals surface area contributed by atoms with E-state index in [0.29, 0.717) is 18.0 Å². The van der Waals surface area contributed by atoms with Crippen LogP contribution in [0, 0.1) is 5.92 Å². The highest BCUT2D eigenvalue weighted by atomic mass is 32.2. The fourth-order valence-corrected chi connectivity index (χ4v) is 5.06. The van der Waals surface area contributed by atoms with Crippen LogP contribution in [0.5, 0.6) is 0 Å². The summed E-state index contributed by atoms with van der Waals surface area (Å²) in [5.41, 5.74) is 0.866. The van der Waals surface area contributed by atoms with Crippen molar-refractivity contribution in [1.29, 1.82) is 0 Å². The number of hydrogen-bond donors (Lipinski definition) is 1. The highest BCUT2D eigenvalue weighted by Gasteiger charge is 2.20. The van der Waals surface area contributed by atoms with Gasteiger partial charge >= 0.3 is 0 Å². The summed E-state index contributed by atoms with van der Waals surface area (Å²) in [6.45, 7) is 4.30. The molecule has 9 heteroatoms. The number of para-hydroxylation sites is 1. The van der Waals surface area contributed by atoms with Gasteiger partial charge in [-0.3, -0.25) is 9.10 Å². The van der Waals surface area contributed by atoms with Crippen LogP contribution in [0.2, 0.25) is 0 Å². The van der Waals surface area contributed by atoms with Crippen LogP contribution < -0.4 is 9.62 Å². The summed E-state index contributed by atoms with van der Waals surface area (Å²) in [6, 6.07) is 12.4. The average molecular weight is 481 g/mol. The molecule has 7 nitrogen and oxygen atoms in total. The summed E-state index contributed by atoms with van der Waals surface area (Å²) in [4.78, 5) is 13.0.